The molecule has 0 heterocycles. The summed E-state index contributed by atoms with van der Waals surface area (Å²) in [5.74, 6) is 0. The van der Waals surface area contributed by atoms with Gasteiger partial charge in [0.25, 0.3) is 0 Å². The fraction of sp³-hybridized carbons (Fsp3) is 0.800. The summed E-state index contributed by atoms with van der Waals surface area (Å²) in [4.78, 5) is 0. The molecule has 2 nitrogen and oxygen atoms in total. The van der Waals surface area contributed by atoms with Crippen molar-refractivity contribution in [1.82, 2.24) is 0 Å². The molecular weight excluding hydrogens is 217 g/mol. The third kappa shape index (κ3) is 45.4. The van der Waals surface area contributed by atoms with Crippen LogP contribution in [0.4, 0.5) is 0 Å². The van der Waals surface area contributed by atoms with Crippen molar-refractivity contribution >= 4 is 0 Å². The second kappa shape index (κ2) is 39.0. The van der Waals surface area contributed by atoms with Crippen molar-refractivity contribution in [2.45, 2.75) is 27.7 Å². The minimum absolute atomic E-state index is 0. The van der Waals surface area contributed by atoms with E-state index >= 15 is 0 Å². The van der Waals surface area contributed by atoms with Gasteiger partial charge in [0.2, 0.25) is 0 Å². The van der Waals surface area contributed by atoms with Crippen molar-refractivity contribution in [3.63, 3.8) is 0 Å². The average molecular weight is 242 g/mol. The molecule has 3 heteroatoms. The largest absolute Gasteiger partial charge is 2.00 e. The minimum Gasteiger partial charge on any atom is -0.379 e. The first-order valence-corrected chi connectivity index (χ1v) is 4.48. The molecule has 0 rings (SSSR count). The van der Waals surface area contributed by atoms with Gasteiger partial charge in [0.05, 0.1) is 13.2 Å². The smallest absolute Gasteiger partial charge is 0.379 e. The molecule has 0 amide bonds. The van der Waals surface area contributed by atoms with Crippen LogP contribution in [-0.2, 0) is 29.0 Å². The molecule has 0 aromatic carbocycles. The summed E-state index contributed by atoms with van der Waals surface area (Å²) in [5.41, 5.74) is 0. The van der Waals surface area contributed by atoms with Crippen molar-refractivity contribution in [2.24, 2.45) is 0 Å². The predicted octanol–water partition coefficient (Wildman–Crippen LogP) is 2.74. The Morgan fingerprint density at radius 1 is 0.769 bits per heavy atom. The Bertz CT molecular complexity index is 37.9. The zero-order chi connectivity index (χ0) is 10.2. The number of ether oxygens (including phenoxy) is 2. The minimum atomic E-state index is 0. The molecule has 0 aliphatic rings. The summed E-state index contributed by atoms with van der Waals surface area (Å²) < 4.78 is 10.0. The quantitative estimate of drug-likeness (QED) is 0.419. The Kier molecular flexibility index (Phi) is 70.3. The van der Waals surface area contributed by atoms with E-state index < -0.39 is 0 Å². The number of rotatable bonds is 5. The fourth-order valence-electron chi connectivity index (χ4n) is 0.407. The summed E-state index contributed by atoms with van der Waals surface area (Å²) in [7, 11) is 0. The summed E-state index contributed by atoms with van der Waals surface area (Å²) >= 11 is 0. The van der Waals surface area contributed by atoms with Crippen molar-refractivity contribution in [1.29, 1.82) is 0 Å². The second-order valence-corrected chi connectivity index (χ2v) is 1.39. The zero-order valence-corrected chi connectivity index (χ0v) is 12.7. The maximum absolute atomic E-state index is 5.01. The molecule has 0 aromatic heterocycles. The van der Waals surface area contributed by atoms with Gasteiger partial charge >= 0.3 is 19.5 Å². The SMILES string of the molecule is CCOCCOCC.[CH2-]C.[CH2-]C.[Zn+2]. The van der Waals surface area contributed by atoms with Crippen LogP contribution in [0, 0.1) is 13.8 Å². The van der Waals surface area contributed by atoms with Crippen LogP contribution < -0.4 is 0 Å². The van der Waals surface area contributed by atoms with Crippen molar-refractivity contribution in [3.8, 4) is 0 Å². The van der Waals surface area contributed by atoms with Crippen LogP contribution >= 0.6 is 0 Å². The van der Waals surface area contributed by atoms with Crippen LogP contribution in [0.1, 0.15) is 27.7 Å². The molecule has 0 aliphatic heterocycles. The van der Waals surface area contributed by atoms with Crippen molar-refractivity contribution in [2.75, 3.05) is 26.4 Å². The number of hydrogen-bond donors (Lipinski definition) is 0. The Morgan fingerprint density at radius 3 is 1.15 bits per heavy atom. The van der Waals surface area contributed by atoms with E-state index in [0.717, 1.165) is 26.4 Å². The van der Waals surface area contributed by atoms with Crippen LogP contribution in [0.25, 0.3) is 0 Å². The van der Waals surface area contributed by atoms with Gasteiger partial charge in [0.15, 0.2) is 0 Å². The Hall–Kier alpha value is 0.543. The van der Waals surface area contributed by atoms with E-state index in [9.17, 15) is 0 Å². The summed E-state index contributed by atoms with van der Waals surface area (Å²) in [6, 6.07) is 0. The molecule has 13 heavy (non-hydrogen) atoms. The van der Waals surface area contributed by atoms with Crippen LogP contribution in [0.3, 0.4) is 0 Å². The predicted molar refractivity (Wildman–Crippen MR) is 55.0 cm³/mol. The van der Waals surface area contributed by atoms with Crippen molar-refractivity contribution < 1.29 is 29.0 Å². The molecule has 0 N–H and O–H groups in total. The van der Waals surface area contributed by atoms with Crippen LogP contribution in [-0.4, -0.2) is 26.4 Å². The summed E-state index contributed by atoms with van der Waals surface area (Å²) in [6.45, 7) is 17.0. The van der Waals surface area contributed by atoms with Gasteiger partial charge in [-0.05, 0) is 13.8 Å². The standard InChI is InChI=1S/C6H14O2.2C2H5.Zn/c1-3-7-5-6-8-4-2;2*1-2;/h3-6H2,1-2H3;2*1H2,2H3;/q;2*-1;+2. The number of hydrogen-bond acceptors (Lipinski definition) is 2. The Labute approximate surface area is 97.1 Å². The topological polar surface area (TPSA) is 18.5 Å². The van der Waals surface area contributed by atoms with E-state index in [0.29, 0.717) is 0 Å². The molecule has 78 valence electrons. The fourth-order valence-corrected chi connectivity index (χ4v) is 0.407. The van der Waals surface area contributed by atoms with E-state index in [-0.39, 0.29) is 19.5 Å². The van der Waals surface area contributed by atoms with Gasteiger partial charge in [0, 0.05) is 13.2 Å². The van der Waals surface area contributed by atoms with Gasteiger partial charge in [-0.3, -0.25) is 0 Å². The van der Waals surface area contributed by atoms with Gasteiger partial charge in [-0.15, -0.1) is 0 Å². The molecule has 0 saturated heterocycles. The molecule has 0 aromatic rings. The summed E-state index contributed by atoms with van der Waals surface area (Å²) in [6.07, 6.45) is 0. The van der Waals surface area contributed by atoms with E-state index in [1.807, 2.05) is 13.8 Å². The normalized spacial score (nSPS) is 6.92. The maximum atomic E-state index is 5.01. The molecule has 0 aliphatic carbocycles. The van der Waals surface area contributed by atoms with Crippen LogP contribution in [0.15, 0.2) is 0 Å². The maximum Gasteiger partial charge on any atom is 2.00 e. The van der Waals surface area contributed by atoms with Gasteiger partial charge < -0.3 is 23.3 Å². The molecule has 0 radical (unpaired) electrons. The third-order valence-electron chi connectivity index (χ3n) is 0.780. The van der Waals surface area contributed by atoms with Gasteiger partial charge in [-0.1, -0.05) is 0 Å². The second-order valence-electron chi connectivity index (χ2n) is 1.39. The Morgan fingerprint density at radius 2 is 1.00 bits per heavy atom. The molecule has 0 saturated carbocycles. The van der Waals surface area contributed by atoms with Crippen molar-refractivity contribution in [3.05, 3.63) is 13.8 Å². The molecule has 0 unspecified atom stereocenters. The van der Waals surface area contributed by atoms with Crippen LogP contribution in [0.5, 0.6) is 0 Å². The van der Waals surface area contributed by atoms with Gasteiger partial charge in [-0.25, -0.2) is 0 Å². The van der Waals surface area contributed by atoms with Gasteiger partial charge in [0.1, 0.15) is 0 Å². The van der Waals surface area contributed by atoms with Crippen LogP contribution in [0.2, 0.25) is 0 Å². The average Bonchev–Trinajstić information content (AvgIpc) is 2.19. The summed E-state index contributed by atoms with van der Waals surface area (Å²) in [5, 5.41) is 0. The molecule has 0 fully saturated rings. The first-order valence-electron chi connectivity index (χ1n) is 4.48. The van der Waals surface area contributed by atoms with E-state index in [2.05, 4.69) is 13.8 Å². The third-order valence-corrected chi connectivity index (χ3v) is 0.780. The van der Waals surface area contributed by atoms with E-state index in [1.165, 1.54) is 0 Å². The first-order chi connectivity index (χ1) is 5.91. The zero-order valence-electron chi connectivity index (χ0n) is 9.77. The molecule has 0 bridgehead atoms. The van der Waals surface area contributed by atoms with E-state index in [4.69, 9.17) is 9.47 Å². The first kappa shape index (κ1) is 23.4. The molecule has 0 spiro atoms. The molecule has 0 atom stereocenters. The van der Waals surface area contributed by atoms with Gasteiger partial charge in [-0.2, -0.15) is 13.8 Å². The Balaban J connectivity index is -0.0000000712. The monoisotopic (exact) mass is 240 g/mol. The molecular formula is C10H24O2Zn. The van der Waals surface area contributed by atoms with E-state index in [1.54, 1.807) is 13.8 Å².